The summed E-state index contributed by atoms with van der Waals surface area (Å²) in [5, 5.41) is 3.67. The number of anilines is 1. The lowest BCUT2D eigenvalue weighted by molar-refractivity contribution is -0.113. The topological polar surface area (TPSA) is 62.0 Å². The number of aromatic amines is 1. The Hall–Kier alpha value is -1.81. The van der Waals surface area contributed by atoms with Crippen molar-refractivity contribution in [3.63, 3.8) is 0 Å². The average Bonchev–Trinajstić information content (AvgIpc) is 2.38. The number of fused-ring (bicyclic) bond motifs is 1. The number of amides is 1. The van der Waals surface area contributed by atoms with Crippen molar-refractivity contribution in [2.45, 2.75) is 19.8 Å². The van der Waals surface area contributed by atoms with Crippen LogP contribution in [0.3, 0.4) is 0 Å². The molecule has 2 N–H and O–H groups in total. The molecular formula is C14H15ClN2O2. The number of aromatic nitrogens is 1. The van der Waals surface area contributed by atoms with E-state index in [2.05, 4.69) is 17.2 Å². The minimum atomic E-state index is -0.270. The highest BCUT2D eigenvalue weighted by atomic mass is 35.5. The molecule has 0 atom stereocenters. The zero-order valence-corrected chi connectivity index (χ0v) is 11.4. The van der Waals surface area contributed by atoms with E-state index in [4.69, 9.17) is 11.6 Å². The third-order valence-electron chi connectivity index (χ3n) is 2.85. The van der Waals surface area contributed by atoms with Gasteiger partial charge in [0, 0.05) is 17.1 Å². The molecule has 0 saturated carbocycles. The summed E-state index contributed by atoms with van der Waals surface area (Å²) in [5.41, 5.74) is 2.25. The molecule has 0 radical (unpaired) electrons. The largest absolute Gasteiger partial charge is 0.325 e. The number of hydrogen-bond donors (Lipinski definition) is 2. The summed E-state index contributed by atoms with van der Waals surface area (Å²) in [4.78, 5) is 25.6. The molecule has 0 aliphatic carbocycles. The summed E-state index contributed by atoms with van der Waals surface area (Å²) in [7, 11) is 0. The van der Waals surface area contributed by atoms with Gasteiger partial charge in [-0.25, -0.2) is 0 Å². The van der Waals surface area contributed by atoms with Crippen molar-refractivity contribution in [3.05, 3.63) is 40.2 Å². The van der Waals surface area contributed by atoms with Gasteiger partial charge in [0.15, 0.2) is 0 Å². The van der Waals surface area contributed by atoms with Crippen LogP contribution in [-0.2, 0) is 11.2 Å². The maximum Gasteiger partial charge on any atom is 0.248 e. The average molecular weight is 279 g/mol. The summed E-state index contributed by atoms with van der Waals surface area (Å²) < 4.78 is 0. The first-order valence-corrected chi connectivity index (χ1v) is 6.69. The van der Waals surface area contributed by atoms with Crippen LogP contribution in [0.15, 0.2) is 29.1 Å². The molecule has 1 aromatic heterocycles. The van der Waals surface area contributed by atoms with Crippen LogP contribution in [0.2, 0.25) is 0 Å². The third kappa shape index (κ3) is 3.15. The minimum absolute atomic E-state index is 0.0928. The zero-order chi connectivity index (χ0) is 13.8. The minimum Gasteiger partial charge on any atom is -0.325 e. The summed E-state index contributed by atoms with van der Waals surface area (Å²) >= 11 is 5.44. The molecule has 0 saturated heterocycles. The first kappa shape index (κ1) is 13.6. The molecule has 100 valence electrons. The van der Waals surface area contributed by atoms with Crippen molar-refractivity contribution >= 4 is 34.1 Å². The first-order valence-electron chi connectivity index (χ1n) is 6.16. The van der Waals surface area contributed by atoms with Crippen LogP contribution < -0.4 is 10.9 Å². The van der Waals surface area contributed by atoms with Crippen molar-refractivity contribution in [2.24, 2.45) is 0 Å². The Morgan fingerprint density at radius 2 is 2.16 bits per heavy atom. The number of carbonyl (C=O) groups is 1. The number of hydrogen-bond acceptors (Lipinski definition) is 2. The Morgan fingerprint density at radius 1 is 1.37 bits per heavy atom. The quantitative estimate of drug-likeness (QED) is 0.845. The van der Waals surface area contributed by atoms with Gasteiger partial charge in [0.05, 0.1) is 5.52 Å². The standard InChI is InChI=1S/C14H15ClN2O2/c1-2-3-9-6-13(18)17-12-7-10(4-5-11(9)12)16-14(19)8-15/h4-7H,2-3,8H2,1H3,(H,16,19)(H,17,18). The van der Waals surface area contributed by atoms with Gasteiger partial charge >= 0.3 is 0 Å². The van der Waals surface area contributed by atoms with Gasteiger partial charge in [-0.2, -0.15) is 0 Å². The molecule has 0 aliphatic heterocycles. The van der Waals surface area contributed by atoms with Gasteiger partial charge in [-0.15, -0.1) is 11.6 Å². The number of benzene rings is 1. The number of H-pyrrole nitrogens is 1. The highest BCUT2D eigenvalue weighted by Gasteiger charge is 2.05. The molecule has 0 fully saturated rings. The van der Waals surface area contributed by atoms with Crippen molar-refractivity contribution in [1.82, 2.24) is 4.98 Å². The predicted molar refractivity (Wildman–Crippen MR) is 77.9 cm³/mol. The van der Waals surface area contributed by atoms with E-state index >= 15 is 0 Å². The van der Waals surface area contributed by atoms with E-state index < -0.39 is 0 Å². The van der Waals surface area contributed by atoms with Crippen molar-refractivity contribution in [2.75, 3.05) is 11.2 Å². The van der Waals surface area contributed by atoms with E-state index in [-0.39, 0.29) is 17.3 Å². The van der Waals surface area contributed by atoms with Gasteiger partial charge in [-0.3, -0.25) is 9.59 Å². The fraction of sp³-hybridized carbons (Fsp3) is 0.286. The lowest BCUT2D eigenvalue weighted by atomic mass is 10.0. The molecule has 1 amide bonds. The van der Waals surface area contributed by atoms with Crippen LogP contribution >= 0.6 is 11.6 Å². The van der Waals surface area contributed by atoms with Crippen LogP contribution in [0.4, 0.5) is 5.69 Å². The second-order valence-electron chi connectivity index (χ2n) is 4.35. The lowest BCUT2D eigenvalue weighted by Gasteiger charge is -2.08. The van der Waals surface area contributed by atoms with Crippen molar-refractivity contribution in [3.8, 4) is 0 Å². The van der Waals surface area contributed by atoms with Crippen LogP contribution in [0.1, 0.15) is 18.9 Å². The maximum absolute atomic E-state index is 11.6. The summed E-state index contributed by atoms with van der Waals surface area (Å²) in [5.74, 6) is -0.363. The van der Waals surface area contributed by atoms with Gasteiger partial charge in [0.1, 0.15) is 5.88 Å². The van der Waals surface area contributed by atoms with E-state index in [1.54, 1.807) is 12.1 Å². The van der Waals surface area contributed by atoms with Gasteiger partial charge in [-0.05, 0) is 24.1 Å². The monoisotopic (exact) mass is 278 g/mol. The lowest BCUT2D eigenvalue weighted by Crippen LogP contribution is -2.13. The number of nitrogens with one attached hydrogen (secondary N) is 2. The summed E-state index contributed by atoms with van der Waals surface area (Å²) in [6.45, 7) is 2.07. The van der Waals surface area contributed by atoms with Gasteiger partial charge in [-0.1, -0.05) is 19.4 Å². The highest BCUT2D eigenvalue weighted by molar-refractivity contribution is 6.29. The molecular weight excluding hydrogens is 264 g/mol. The van der Waals surface area contributed by atoms with E-state index in [0.29, 0.717) is 5.69 Å². The molecule has 2 aromatic rings. The molecule has 19 heavy (non-hydrogen) atoms. The van der Waals surface area contributed by atoms with Crippen LogP contribution in [0, 0.1) is 0 Å². The van der Waals surface area contributed by atoms with Gasteiger partial charge in [0.2, 0.25) is 11.5 Å². The Balaban J connectivity index is 2.48. The molecule has 0 aliphatic rings. The second-order valence-corrected chi connectivity index (χ2v) is 4.62. The van der Waals surface area contributed by atoms with E-state index in [9.17, 15) is 9.59 Å². The molecule has 2 rings (SSSR count). The second kappa shape index (κ2) is 5.89. The molecule has 1 heterocycles. The predicted octanol–water partition coefficient (Wildman–Crippen LogP) is 2.66. The Kier molecular flexibility index (Phi) is 4.22. The number of carbonyl (C=O) groups excluding carboxylic acids is 1. The van der Waals surface area contributed by atoms with Crippen molar-refractivity contribution < 1.29 is 4.79 Å². The Bertz CT molecular complexity index is 664. The summed E-state index contributed by atoms with van der Waals surface area (Å²) in [6.07, 6.45) is 1.83. The normalized spacial score (nSPS) is 10.6. The fourth-order valence-electron chi connectivity index (χ4n) is 2.08. The zero-order valence-electron chi connectivity index (χ0n) is 10.6. The van der Waals surface area contributed by atoms with Crippen molar-refractivity contribution in [1.29, 1.82) is 0 Å². The molecule has 1 aromatic carbocycles. The van der Waals surface area contributed by atoms with Crippen LogP contribution in [0.5, 0.6) is 0 Å². The number of pyridine rings is 1. The molecule has 5 heteroatoms. The molecule has 0 unspecified atom stereocenters. The van der Waals surface area contributed by atoms with Gasteiger partial charge < -0.3 is 10.3 Å². The molecule has 0 spiro atoms. The number of alkyl halides is 1. The first-order chi connectivity index (χ1) is 9.13. The number of aryl methyl sites for hydroxylation is 1. The van der Waals surface area contributed by atoms with Gasteiger partial charge in [0.25, 0.3) is 0 Å². The Labute approximate surface area is 115 Å². The molecule has 4 nitrogen and oxygen atoms in total. The molecule has 0 bridgehead atoms. The number of halogens is 1. The smallest absolute Gasteiger partial charge is 0.248 e. The van der Waals surface area contributed by atoms with E-state index in [0.717, 1.165) is 29.3 Å². The maximum atomic E-state index is 11.6. The fourth-order valence-corrected chi connectivity index (χ4v) is 2.15. The highest BCUT2D eigenvalue weighted by Crippen LogP contribution is 2.20. The van der Waals surface area contributed by atoms with Crippen LogP contribution in [0.25, 0.3) is 10.9 Å². The summed E-state index contributed by atoms with van der Waals surface area (Å²) in [6, 6.07) is 7.09. The third-order valence-corrected chi connectivity index (χ3v) is 3.10. The van der Waals surface area contributed by atoms with E-state index in [1.807, 2.05) is 12.1 Å². The number of rotatable bonds is 4. The van der Waals surface area contributed by atoms with E-state index in [1.165, 1.54) is 0 Å². The Morgan fingerprint density at radius 3 is 2.84 bits per heavy atom. The SMILES string of the molecule is CCCc1cc(=O)[nH]c2cc(NC(=O)CCl)ccc12. The van der Waals surface area contributed by atoms with Crippen LogP contribution in [-0.4, -0.2) is 16.8 Å².